The molecular formula is C27H32BrN5O4. The average molecular weight is 570 g/mol. The SMILES string of the molecule is CN(C)c1cc(Br)c2ccn(Cc3ccc4c(c3)CN(C(CCC(=O)OC(C)(C)C)C(N)=O)C4=O)c2n1. The van der Waals surface area contributed by atoms with Gasteiger partial charge in [-0.15, -0.1) is 0 Å². The van der Waals surface area contributed by atoms with Crippen molar-refractivity contribution in [1.82, 2.24) is 14.5 Å². The Hall–Kier alpha value is -3.40. The van der Waals surface area contributed by atoms with Crippen LogP contribution >= 0.6 is 15.9 Å². The van der Waals surface area contributed by atoms with Crippen LogP contribution in [0.1, 0.15) is 55.1 Å². The van der Waals surface area contributed by atoms with Gasteiger partial charge in [0, 0.05) is 55.2 Å². The Balaban J connectivity index is 1.53. The fraction of sp³-hybridized carbons (Fsp3) is 0.407. The minimum atomic E-state index is -0.893. The number of amides is 2. The second kappa shape index (κ2) is 10.2. The largest absolute Gasteiger partial charge is 0.460 e. The highest BCUT2D eigenvalue weighted by Gasteiger charge is 2.36. The van der Waals surface area contributed by atoms with Crippen LogP contribution in [0.3, 0.4) is 0 Å². The van der Waals surface area contributed by atoms with Gasteiger partial charge in [0.05, 0.1) is 0 Å². The van der Waals surface area contributed by atoms with Gasteiger partial charge in [-0.1, -0.05) is 12.1 Å². The fourth-order valence-electron chi connectivity index (χ4n) is 4.51. The first-order valence-corrected chi connectivity index (χ1v) is 12.9. The molecule has 0 bridgehead atoms. The van der Waals surface area contributed by atoms with Gasteiger partial charge in [0.15, 0.2) is 0 Å². The summed E-state index contributed by atoms with van der Waals surface area (Å²) in [5.74, 6) is -0.487. The predicted octanol–water partition coefficient (Wildman–Crippen LogP) is 3.84. The Kier molecular flexibility index (Phi) is 7.32. The number of esters is 1. The zero-order valence-electron chi connectivity index (χ0n) is 21.7. The Morgan fingerprint density at radius 1 is 1.22 bits per heavy atom. The molecule has 3 aromatic rings. The molecule has 1 atom stereocenters. The van der Waals surface area contributed by atoms with Crippen LogP contribution < -0.4 is 10.6 Å². The third-order valence-electron chi connectivity index (χ3n) is 6.23. The van der Waals surface area contributed by atoms with Gasteiger partial charge in [0.1, 0.15) is 23.1 Å². The number of hydrogen-bond donors (Lipinski definition) is 1. The van der Waals surface area contributed by atoms with Crippen LogP contribution in [0.4, 0.5) is 5.82 Å². The summed E-state index contributed by atoms with van der Waals surface area (Å²) in [5, 5.41) is 1.02. The Labute approximate surface area is 224 Å². The minimum absolute atomic E-state index is 0.00550. The molecule has 2 aromatic heterocycles. The Morgan fingerprint density at radius 3 is 2.59 bits per heavy atom. The minimum Gasteiger partial charge on any atom is -0.460 e. The van der Waals surface area contributed by atoms with Crippen molar-refractivity contribution < 1.29 is 19.1 Å². The summed E-state index contributed by atoms with van der Waals surface area (Å²) in [4.78, 5) is 45.8. The highest BCUT2D eigenvalue weighted by Crippen LogP contribution is 2.30. The van der Waals surface area contributed by atoms with E-state index in [4.69, 9.17) is 15.5 Å². The van der Waals surface area contributed by atoms with Gasteiger partial charge in [-0.3, -0.25) is 14.4 Å². The molecule has 4 rings (SSSR count). The molecule has 0 radical (unpaired) electrons. The van der Waals surface area contributed by atoms with E-state index in [0.29, 0.717) is 12.1 Å². The number of carbonyl (C=O) groups excluding carboxylic acids is 3. The highest BCUT2D eigenvalue weighted by molar-refractivity contribution is 9.10. The molecule has 1 aliphatic heterocycles. The Morgan fingerprint density at radius 2 is 1.95 bits per heavy atom. The molecule has 0 fully saturated rings. The molecule has 3 heterocycles. The molecule has 2 amide bonds. The molecule has 196 valence electrons. The number of pyridine rings is 1. The Bertz CT molecular complexity index is 1380. The van der Waals surface area contributed by atoms with Crippen molar-refractivity contribution in [2.75, 3.05) is 19.0 Å². The first kappa shape index (κ1) is 26.7. The third-order valence-corrected chi connectivity index (χ3v) is 6.88. The number of primary amides is 1. The molecule has 37 heavy (non-hydrogen) atoms. The number of nitrogens with zero attached hydrogens (tertiary/aromatic N) is 4. The molecule has 9 nitrogen and oxygen atoms in total. The van der Waals surface area contributed by atoms with Gasteiger partial charge in [0.25, 0.3) is 5.91 Å². The van der Waals surface area contributed by atoms with Crippen molar-refractivity contribution in [2.24, 2.45) is 5.73 Å². The summed E-state index contributed by atoms with van der Waals surface area (Å²) in [7, 11) is 3.90. The lowest BCUT2D eigenvalue weighted by molar-refractivity contribution is -0.155. The maximum Gasteiger partial charge on any atom is 0.306 e. The summed E-state index contributed by atoms with van der Waals surface area (Å²) in [6, 6.07) is 8.80. The smallest absolute Gasteiger partial charge is 0.306 e. The number of rotatable bonds is 8. The van der Waals surface area contributed by atoms with Crippen molar-refractivity contribution >= 4 is 50.6 Å². The predicted molar refractivity (Wildman–Crippen MR) is 145 cm³/mol. The number of aromatic nitrogens is 2. The van der Waals surface area contributed by atoms with Crippen LogP contribution in [-0.2, 0) is 27.4 Å². The van der Waals surface area contributed by atoms with Crippen LogP contribution in [0, 0.1) is 0 Å². The second-order valence-corrected chi connectivity index (χ2v) is 11.4. The van der Waals surface area contributed by atoms with Gasteiger partial charge < -0.3 is 24.8 Å². The van der Waals surface area contributed by atoms with E-state index in [1.54, 1.807) is 26.8 Å². The van der Waals surface area contributed by atoms with E-state index < -0.39 is 23.5 Å². The van der Waals surface area contributed by atoms with Crippen LogP contribution in [0.25, 0.3) is 11.0 Å². The van der Waals surface area contributed by atoms with Crippen LogP contribution in [0.2, 0.25) is 0 Å². The second-order valence-electron chi connectivity index (χ2n) is 10.5. The van der Waals surface area contributed by atoms with E-state index >= 15 is 0 Å². The molecule has 0 saturated carbocycles. The highest BCUT2D eigenvalue weighted by atomic mass is 79.9. The zero-order valence-corrected chi connectivity index (χ0v) is 23.3. The number of fused-ring (bicyclic) bond motifs is 2. The van der Waals surface area contributed by atoms with E-state index in [9.17, 15) is 14.4 Å². The normalized spacial score (nSPS) is 14.1. The van der Waals surface area contributed by atoms with E-state index in [-0.39, 0.29) is 25.3 Å². The van der Waals surface area contributed by atoms with Crippen molar-refractivity contribution in [1.29, 1.82) is 0 Å². The topological polar surface area (TPSA) is 111 Å². The monoisotopic (exact) mass is 569 g/mol. The average Bonchev–Trinajstić information content (AvgIpc) is 3.34. The molecule has 0 spiro atoms. The lowest BCUT2D eigenvalue weighted by Crippen LogP contribution is -2.45. The summed E-state index contributed by atoms with van der Waals surface area (Å²) in [6.07, 6.45) is 2.10. The lowest BCUT2D eigenvalue weighted by atomic mass is 10.1. The number of carbonyl (C=O) groups is 3. The van der Waals surface area contributed by atoms with E-state index in [0.717, 1.165) is 32.5 Å². The standard InChI is InChI=1S/C27H32BrN5O4/c1-27(2,3)37-23(34)9-8-21(24(29)35)33-15-17-12-16(6-7-18(17)26(33)36)14-32-11-10-19-20(28)13-22(31(4)5)30-25(19)32/h6-7,10-13,21H,8-9,14-15H2,1-5H3,(H2,29,35). The quantitative estimate of drug-likeness (QED) is 0.412. The fourth-order valence-corrected chi connectivity index (χ4v) is 5.02. The number of ether oxygens (including phenoxy) is 1. The number of anilines is 1. The number of hydrogen-bond acceptors (Lipinski definition) is 6. The van der Waals surface area contributed by atoms with Crippen LogP contribution in [0.5, 0.6) is 0 Å². The van der Waals surface area contributed by atoms with Gasteiger partial charge >= 0.3 is 5.97 Å². The molecule has 2 N–H and O–H groups in total. The molecular weight excluding hydrogens is 538 g/mol. The van der Waals surface area contributed by atoms with Gasteiger partial charge in [-0.05, 0) is 72.4 Å². The van der Waals surface area contributed by atoms with E-state index in [2.05, 4.69) is 20.5 Å². The summed E-state index contributed by atoms with van der Waals surface area (Å²) < 4.78 is 8.37. The number of benzene rings is 1. The molecule has 1 aliphatic rings. The van der Waals surface area contributed by atoms with Gasteiger partial charge in [-0.2, -0.15) is 0 Å². The van der Waals surface area contributed by atoms with Crippen molar-refractivity contribution in [3.63, 3.8) is 0 Å². The number of nitrogens with two attached hydrogens (primary N) is 1. The lowest BCUT2D eigenvalue weighted by Gasteiger charge is -2.25. The molecule has 1 unspecified atom stereocenters. The van der Waals surface area contributed by atoms with Crippen LogP contribution in [-0.4, -0.2) is 58.0 Å². The van der Waals surface area contributed by atoms with Gasteiger partial charge in [-0.25, -0.2) is 4.98 Å². The third kappa shape index (κ3) is 5.79. The maximum atomic E-state index is 13.1. The van der Waals surface area contributed by atoms with Crippen molar-refractivity contribution in [2.45, 2.75) is 58.3 Å². The first-order chi connectivity index (χ1) is 17.3. The maximum absolute atomic E-state index is 13.1. The molecule has 0 aliphatic carbocycles. The molecule has 10 heteroatoms. The first-order valence-electron chi connectivity index (χ1n) is 12.1. The zero-order chi connectivity index (χ0) is 27.1. The number of halogens is 1. The van der Waals surface area contributed by atoms with E-state index in [1.807, 2.05) is 49.5 Å². The van der Waals surface area contributed by atoms with E-state index in [1.165, 1.54) is 4.90 Å². The van der Waals surface area contributed by atoms with Crippen molar-refractivity contribution in [3.8, 4) is 0 Å². The molecule has 1 aromatic carbocycles. The summed E-state index contributed by atoms with van der Waals surface area (Å²) in [5.41, 5.74) is 8.24. The van der Waals surface area contributed by atoms with Crippen molar-refractivity contribution in [3.05, 3.63) is 57.7 Å². The summed E-state index contributed by atoms with van der Waals surface area (Å²) in [6.45, 7) is 6.16. The van der Waals surface area contributed by atoms with Gasteiger partial charge in [0.2, 0.25) is 5.91 Å². The molecule has 0 saturated heterocycles. The van der Waals surface area contributed by atoms with Crippen LogP contribution in [0.15, 0.2) is 41.0 Å². The summed E-state index contributed by atoms with van der Waals surface area (Å²) >= 11 is 3.64.